The first-order valence-electron chi connectivity index (χ1n) is 15.0. The zero-order valence-corrected chi connectivity index (χ0v) is 24.6. The molecular formula is C33H39N7O2. The number of nitrogens with zero attached hydrogens (tertiary/aromatic N) is 7. The highest BCUT2D eigenvalue weighted by atomic mass is 16.5. The average molecular weight is 566 g/mol. The Balaban J connectivity index is 1.34. The quantitative estimate of drug-likeness (QED) is 0.396. The van der Waals surface area contributed by atoms with Gasteiger partial charge in [-0.1, -0.05) is 36.9 Å². The van der Waals surface area contributed by atoms with E-state index in [4.69, 9.17) is 14.7 Å². The van der Waals surface area contributed by atoms with E-state index in [1.54, 1.807) is 4.90 Å². The highest BCUT2D eigenvalue weighted by Crippen LogP contribution is 2.36. The van der Waals surface area contributed by atoms with Crippen LogP contribution in [0.25, 0.3) is 10.8 Å². The Kier molecular flexibility index (Phi) is 7.98. The predicted molar refractivity (Wildman–Crippen MR) is 165 cm³/mol. The first kappa shape index (κ1) is 28.0. The van der Waals surface area contributed by atoms with Crippen LogP contribution in [0.2, 0.25) is 0 Å². The van der Waals surface area contributed by atoms with Crippen molar-refractivity contribution >= 4 is 28.2 Å². The van der Waals surface area contributed by atoms with Crippen LogP contribution in [0.4, 0.5) is 11.5 Å². The van der Waals surface area contributed by atoms with Crippen molar-refractivity contribution in [3.63, 3.8) is 0 Å². The Hall–Kier alpha value is -4.16. The Morgan fingerprint density at radius 2 is 1.95 bits per heavy atom. The molecule has 0 bridgehead atoms. The number of piperazine rings is 1. The third-order valence-corrected chi connectivity index (χ3v) is 9.10. The minimum atomic E-state index is -0.227. The minimum absolute atomic E-state index is 0.134. The molecule has 3 aromatic rings. The molecule has 1 aromatic heterocycles. The lowest BCUT2D eigenvalue weighted by atomic mass is 9.99. The highest BCUT2D eigenvalue weighted by Gasteiger charge is 2.33. The molecule has 3 aliphatic heterocycles. The number of fused-ring (bicyclic) bond motifs is 2. The standard InChI is InChI=1S/C33H39N7O2/c1-4-30(41)40-19-18-39(20-25(40)13-15-34)32-27-14-17-38(29-12-6-10-24-9-5-8-23(2)31(24)29)21-28(27)35-33(36-32)42-22-26-11-7-16-37(26)3/h4-6,8-10,12,25-26H,1,7,11,13-14,16-22H2,2-3H3/t25-,26-/m1/s1. The fraction of sp³-hybridized carbons (Fsp3) is 0.455. The van der Waals surface area contributed by atoms with Crippen LogP contribution in [0.3, 0.4) is 0 Å². The molecule has 218 valence electrons. The SMILES string of the molecule is C=CC(=O)N1CCN(c2nc(OC[C@H]3CCCN3C)nc3c2CCN(c2cccc4cccc(C)c24)C3)C[C@H]1CC#N. The van der Waals surface area contributed by atoms with Gasteiger partial charge in [0.2, 0.25) is 5.91 Å². The number of hydrogen-bond acceptors (Lipinski definition) is 8. The van der Waals surface area contributed by atoms with Crippen molar-refractivity contribution in [2.75, 3.05) is 56.2 Å². The number of carbonyl (C=O) groups excluding carboxylic acids is 1. The minimum Gasteiger partial charge on any atom is -0.462 e. The molecule has 0 saturated carbocycles. The predicted octanol–water partition coefficient (Wildman–Crippen LogP) is 4.09. The normalized spacial score (nSPS) is 20.8. The zero-order valence-electron chi connectivity index (χ0n) is 24.6. The maximum absolute atomic E-state index is 12.5. The van der Waals surface area contributed by atoms with Crippen LogP contribution in [-0.2, 0) is 17.8 Å². The van der Waals surface area contributed by atoms with E-state index in [2.05, 4.69) is 77.7 Å². The lowest BCUT2D eigenvalue weighted by molar-refractivity contribution is -0.128. The Morgan fingerprint density at radius 3 is 2.71 bits per heavy atom. The maximum Gasteiger partial charge on any atom is 0.318 e. The molecule has 2 fully saturated rings. The molecule has 2 atom stereocenters. The topological polar surface area (TPSA) is 88.8 Å². The fourth-order valence-corrected chi connectivity index (χ4v) is 6.79. The van der Waals surface area contributed by atoms with Crippen molar-refractivity contribution in [1.82, 2.24) is 19.8 Å². The van der Waals surface area contributed by atoms with Crippen molar-refractivity contribution in [2.24, 2.45) is 0 Å². The molecule has 2 saturated heterocycles. The molecule has 9 nitrogen and oxygen atoms in total. The molecular weight excluding hydrogens is 526 g/mol. The van der Waals surface area contributed by atoms with E-state index in [1.165, 1.54) is 34.5 Å². The number of likely N-dealkylation sites (tertiary alicyclic amines) is 1. The summed E-state index contributed by atoms with van der Waals surface area (Å²) in [4.78, 5) is 31.3. The number of rotatable bonds is 7. The number of benzene rings is 2. The van der Waals surface area contributed by atoms with Crippen LogP contribution in [0.5, 0.6) is 6.01 Å². The molecule has 1 amide bonds. The lowest BCUT2D eigenvalue weighted by Gasteiger charge is -2.42. The smallest absolute Gasteiger partial charge is 0.318 e. The second-order valence-electron chi connectivity index (χ2n) is 11.7. The summed E-state index contributed by atoms with van der Waals surface area (Å²) in [6, 6.07) is 15.8. The molecule has 9 heteroatoms. The van der Waals surface area contributed by atoms with Gasteiger partial charge in [-0.25, -0.2) is 0 Å². The largest absolute Gasteiger partial charge is 0.462 e. The van der Waals surface area contributed by atoms with E-state index >= 15 is 0 Å². The maximum atomic E-state index is 12.5. The summed E-state index contributed by atoms with van der Waals surface area (Å²) in [6.45, 7) is 10.7. The second-order valence-corrected chi connectivity index (χ2v) is 11.7. The first-order chi connectivity index (χ1) is 20.5. The van der Waals surface area contributed by atoms with E-state index < -0.39 is 0 Å². The summed E-state index contributed by atoms with van der Waals surface area (Å²) in [7, 11) is 2.14. The van der Waals surface area contributed by atoms with E-state index in [0.29, 0.717) is 44.8 Å². The Bertz CT molecular complexity index is 1530. The van der Waals surface area contributed by atoms with Gasteiger partial charge in [0, 0.05) is 48.9 Å². The molecule has 0 unspecified atom stereocenters. The number of likely N-dealkylation sites (N-methyl/N-ethyl adjacent to an activating group) is 1. The summed E-state index contributed by atoms with van der Waals surface area (Å²) in [5, 5.41) is 12.0. The van der Waals surface area contributed by atoms with Crippen molar-refractivity contribution in [3.8, 4) is 12.1 Å². The van der Waals surface area contributed by atoms with Gasteiger partial charge in [0.1, 0.15) is 12.4 Å². The number of anilines is 2. The zero-order chi connectivity index (χ0) is 29.2. The summed E-state index contributed by atoms with van der Waals surface area (Å²) in [5.74, 6) is 0.738. The van der Waals surface area contributed by atoms with Crippen molar-refractivity contribution in [3.05, 3.63) is 65.9 Å². The Morgan fingerprint density at radius 1 is 1.12 bits per heavy atom. The summed E-state index contributed by atoms with van der Waals surface area (Å²) in [6.07, 6.45) is 4.68. The number of carbonyl (C=O) groups is 1. The molecule has 0 radical (unpaired) electrons. The van der Waals surface area contributed by atoms with Gasteiger partial charge in [0.05, 0.1) is 30.8 Å². The summed E-state index contributed by atoms with van der Waals surface area (Å²) in [5.41, 5.74) is 4.59. The Labute approximate surface area is 248 Å². The van der Waals surface area contributed by atoms with Gasteiger partial charge in [0.15, 0.2) is 0 Å². The summed E-state index contributed by atoms with van der Waals surface area (Å²) < 4.78 is 6.30. The first-order valence-corrected chi connectivity index (χ1v) is 15.0. The van der Waals surface area contributed by atoms with Crippen molar-refractivity contribution < 1.29 is 9.53 Å². The number of amides is 1. The second kappa shape index (κ2) is 12.0. The van der Waals surface area contributed by atoms with Crippen LogP contribution in [0, 0.1) is 18.3 Å². The fourth-order valence-electron chi connectivity index (χ4n) is 6.79. The number of aryl methyl sites for hydroxylation is 1. The molecule has 2 aromatic carbocycles. The van der Waals surface area contributed by atoms with E-state index in [0.717, 1.165) is 43.0 Å². The van der Waals surface area contributed by atoms with Gasteiger partial charge in [-0.2, -0.15) is 15.2 Å². The van der Waals surface area contributed by atoms with Gasteiger partial charge in [0.25, 0.3) is 0 Å². The van der Waals surface area contributed by atoms with Crippen LogP contribution < -0.4 is 14.5 Å². The van der Waals surface area contributed by atoms with Crippen LogP contribution in [-0.4, -0.2) is 84.1 Å². The van der Waals surface area contributed by atoms with Gasteiger partial charge >= 0.3 is 6.01 Å². The average Bonchev–Trinajstić information content (AvgIpc) is 3.43. The van der Waals surface area contributed by atoms with Gasteiger partial charge in [-0.15, -0.1) is 0 Å². The molecule has 0 aliphatic carbocycles. The monoisotopic (exact) mass is 565 g/mol. The number of aromatic nitrogens is 2. The van der Waals surface area contributed by atoms with Gasteiger partial charge in [-0.05, 0) is 62.9 Å². The van der Waals surface area contributed by atoms with Crippen LogP contribution >= 0.6 is 0 Å². The van der Waals surface area contributed by atoms with Gasteiger partial charge < -0.3 is 24.3 Å². The molecule has 4 heterocycles. The number of ether oxygens (including phenoxy) is 1. The van der Waals surface area contributed by atoms with E-state index in [9.17, 15) is 10.1 Å². The van der Waals surface area contributed by atoms with E-state index in [-0.39, 0.29) is 18.4 Å². The molecule has 0 N–H and O–H groups in total. The third kappa shape index (κ3) is 5.39. The molecule has 0 spiro atoms. The third-order valence-electron chi connectivity index (χ3n) is 9.10. The van der Waals surface area contributed by atoms with Gasteiger partial charge in [-0.3, -0.25) is 4.79 Å². The molecule has 6 rings (SSSR count). The van der Waals surface area contributed by atoms with E-state index in [1.807, 2.05) is 0 Å². The number of hydrogen-bond donors (Lipinski definition) is 0. The van der Waals surface area contributed by atoms with Crippen molar-refractivity contribution in [1.29, 1.82) is 5.26 Å². The molecule has 42 heavy (non-hydrogen) atoms. The molecule has 3 aliphatic rings. The lowest BCUT2D eigenvalue weighted by Crippen LogP contribution is -2.55. The van der Waals surface area contributed by atoms with Crippen LogP contribution in [0.15, 0.2) is 49.1 Å². The number of nitriles is 1. The highest BCUT2D eigenvalue weighted by molar-refractivity contribution is 5.97. The van der Waals surface area contributed by atoms with Crippen molar-refractivity contribution in [2.45, 2.75) is 51.2 Å². The van der Waals surface area contributed by atoms with Crippen LogP contribution in [0.1, 0.15) is 36.1 Å². The summed E-state index contributed by atoms with van der Waals surface area (Å²) >= 11 is 0.